The van der Waals surface area contributed by atoms with Crippen molar-refractivity contribution in [3.8, 4) is 10.7 Å². The van der Waals surface area contributed by atoms with Crippen molar-refractivity contribution in [2.24, 2.45) is 0 Å². The Bertz CT molecular complexity index is 884. The fourth-order valence-corrected chi connectivity index (χ4v) is 3.88. The smallest absolute Gasteiger partial charge is 0.242 e. The molecule has 6 nitrogen and oxygen atoms in total. The molecule has 132 valence electrons. The van der Waals surface area contributed by atoms with Gasteiger partial charge in [0.05, 0.1) is 27.1 Å². The molecule has 0 aliphatic carbocycles. The highest BCUT2D eigenvalue weighted by Gasteiger charge is 2.21. The highest BCUT2D eigenvalue weighted by atomic mass is 35.5. The number of imidazole rings is 1. The first-order chi connectivity index (χ1) is 11.7. The van der Waals surface area contributed by atoms with Gasteiger partial charge in [-0.3, -0.25) is 4.79 Å². The Morgan fingerprint density at radius 2 is 2.04 bits per heavy atom. The molecular weight excluding hydrogens is 358 g/mol. The van der Waals surface area contributed by atoms with Crippen LogP contribution in [0.4, 0.5) is 0 Å². The lowest BCUT2D eigenvalue weighted by atomic mass is 10.3. The van der Waals surface area contributed by atoms with Crippen LogP contribution in [0.25, 0.3) is 21.7 Å². The molecule has 1 amide bonds. The highest BCUT2D eigenvalue weighted by Crippen LogP contribution is 2.30. The summed E-state index contributed by atoms with van der Waals surface area (Å²) < 4.78 is 2.03. The van der Waals surface area contributed by atoms with Crippen molar-refractivity contribution in [2.45, 2.75) is 13.5 Å². The summed E-state index contributed by atoms with van der Waals surface area (Å²) in [5.41, 5.74) is 4.68. The largest absolute Gasteiger partial charge is 0.339 e. The van der Waals surface area contributed by atoms with Gasteiger partial charge in [0.25, 0.3) is 0 Å². The number of aryl methyl sites for hydroxylation is 1. The van der Waals surface area contributed by atoms with E-state index >= 15 is 0 Å². The molecule has 1 aliphatic heterocycles. The number of halogens is 1. The Labute approximate surface area is 156 Å². The van der Waals surface area contributed by atoms with Crippen LogP contribution < -0.4 is 5.32 Å². The van der Waals surface area contributed by atoms with Crippen molar-refractivity contribution in [1.82, 2.24) is 24.8 Å². The molecule has 0 saturated carbocycles. The van der Waals surface area contributed by atoms with Crippen LogP contribution in [0.2, 0.25) is 0 Å². The number of thiazole rings is 1. The van der Waals surface area contributed by atoms with Crippen molar-refractivity contribution in [3.05, 3.63) is 35.5 Å². The van der Waals surface area contributed by atoms with Gasteiger partial charge in [-0.05, 0) is 19.1 Å². The second-order valence-electron chi connectivity index (χ2n) is 5.91. The zero-order chi connectivity index (χ0) is 16.5. The predicted molar refractivity (Wildman–Crippen MR) is 102 cm³/mol. The molecule has 3 aromatic rings. The van der Waals surface area contributed by atoms with Gasteiger partial charge < -0.3 is 14.8 Å². The summed E-state index contributed by atoms with van der Waals surface area (Å²) in [6, 6.07) is 7.97. The van der Waals surface area contributed by atoms with Crippen LogP contribution in [-0.2, 0) is 11.3 Å². The van der Waals surface area contributed by atoms with Gasteiger partial charge in [0, 0.05) is 26.2 Å². The van der Waals surface area contributed by atoms with E-state index in [4.69, 9.17) is 4.98 Å². The van der Waals surface area contributed by atoms with Crippen LogP contribution in [0, 0.1) is 6.92 Å². The molecule has 1 saturated heterocycles. The molecule has 1 aliphatic rings. The molecule has 25 heavy (non-hydrogen) atoms. The van der Waals surface area contributed by atoms with Crippen LogP contribution in [0.1, 0.15) is 5.69 Å². The van der Waals surface area contributed by atoms with Crippen molar-refractivity contribution in [3.63, 3.8) is 0 Å². The fraction of sp³-hybridized carbons (Fsp3) is 0.353. The number of carbonyl (C=O) groups excluding carboxylic acids is 1. The summed E-state index contributed by atoms with van der Waals surface area (Å²) in [6.07, 6.45) is 0. The fourth-order valence-electron chi connectivity index (χ4n) is 3.07. The summed E-state index contributed by atoms with van der Waals surface area (Å²) >= 11 is 1.57. The highest BCUT2D eigenvalue weighted by molar-refractivity contribution is 7.13. The van der Waals surface area contributed by atoms with Crippen LogP contribution >= 0.6 is 23.7 Å². The number of fused-ring (bicyclic) bond motifs is 1. The van der Waals surface area contributed by atoms with Crippen molar-refractivity contribution in [1.29, 1.82) is 0 Å². The Morgan fingerprint density at radius 3 is 2.76 bits per heavy atom. The van der Waals surface area contributed by atoms with E-state index in [0.29, 0.717) is 6.54 Å². The van der Waals surface area contributed by atoms with E-state index in [1.807, 2.05) is 46.2 Å². The molecule has 0 bridgehead atoms. The van der Waals surface area contributed by atoms with Gasteiger partial charge in [0.15, 0.2) is 5.82 Å². The summed E-state index contributed by atoms with van der Waals surface area (Å²) in [6.45, 7) is 5.54. The first kappa shape index (κ1) is 17.8. The Hall–Kier alpha value is -1.96. The number of rotatable bonds is 3. The third kappa shape index (κ3) is 3.40. The Morgan fingerprint density at radius 1 is 1.28 bits per heavy atom. The maximum atomic E-state index is 12.8. The Kier molecular flexibility index (Phi) is 5.36. The zero-order valence-corrected chi connectivity index (χ0v) is 15.6. The molecule has 1 fully saturated rings. The molecule has 4 rings (SSSR count). The molecule has 0 unspecified atom stereocenters. The third-order valence-electron chi connectivity index (χ3n) is 4.37. The maximum Gasteiger partial charge on any atom is 0.242 e. The lowest BCUT2D eigenvalue weighted by molar-refractivity contribution is -0.132. The van der Waals surface area contributed by atoms with Gasteiger partial charge in [0.1, 0.15) is 6.54 Å². The molecule has 1 aromatic carbocycles. The van der Waals surface area contributed by atoms with Crippen LogP contribution in [0.15, 0.2) is 29.8 Å². The van der Waals surface area contributed by atoms with E-state index in [2.05, 4.69) is 10.3 Å². The second kappa shape index (κ2) is 7.51. The molecular formula is C17H20ClN5OS. The lowest BCUT2D eigenvalue weighted by Crippen LogP contribution is -2.47. The number of para-hydroxylation sites is 2. The minimum Gasteiger partial charge on any atom is -0.339 e. The summed E-state index contributed by atoms with van der Waals surface area (Å²) in [5.74, 6) is 0.975. The first-order valence-electron chi connectivity index (χ1n) is 8.08. The van der Waals surface area contributed by atoms with Gasteiger partial charge in [-0.2, -0.15) is 0 Å². The Balaban J connectivity index is 0.00000182. The summed E-state index contributed by atoms with van der Waals surface area (Å²) in [5, 5.41) is 3.28. The zero-order valence-electron chi connectivity index (χ0n) is 13.9. The first-order valence-corrected chi connectivity index (χ1v) is 8.96. The number of benzene rings is 1. The molecule has 3 heterocycles. The number of nitrogens with one attached hydrogen (secondary N) is 1. The van der Waals surface area contributed by atoms with Gasteiger partial charge >= 0.3 is 0 Å². The summed E-state index contributed by atoms with van der Waals surface area (Å²) in [4.78, 5) is 24.8. The SMILES string of the molecule is Cc1ncsc1-c1nc2ccccc2n1CC(=O)N1CCNCC1.Cl. The third-order valence-corrected chi connectivity index (χ3v) is 5.29. The topological polar surface area (TPSA) is 63.1 Å². The van der Waals surface area contributed by atoms with E-state index < -0.39 is 0 Å². The van der Waals surface area contributed by atoms with Crippen molar-refractivity contribution < 1.29 is 4.79 Å². The number of piperazine rings is 1. The van der Waals surface area contributed by atoms with E-state index in [1.165, 1.54) is 0 Å². The predicted octanol–water partition coefficient (Wildman–Crippen LogP) is 2.32. The molecule has 0 atom stereocenters. The summed E-state index contributed by atoms with van der Waals surface area (Å²) in [7, 11) is 0. The number of nitrogens with zero attached hydrogens (tertiary/aromatic N) is 4. The number of amides is 1. The van der Waals surface area contributed by atoms with E-state index in [0.717, 1.165) is 53.6 Å². The lowest BCUT2D eigenvalue weighted by Gasteiger charge is -2.27. The van der Waals surface area contributed by atoms with Gasteiger partial charge in [-0.25, -0.2) is 9.97 Å². The number of aromatic nitrogens is 3. The maximum absolute atomic E-state index is 12.8. The van der Waals surface area contributed by atoms with E-state index in [9.17, 15) is 4.79 Å². The van der Waals surface area contributed by atoms with Crippen LogP contribution in [0.3, 0.4) is 0 Å². The van der Waals surface area contributed by atoms with Crippen LogP contribution in [-0.4, -0.2) is 51.5 Å². The minimum absolute atomic E-state index is 0. The standard InChI is InChI=1S/C17H19N5OS.ClH/c1-12-16(24-11-19-12)17-20-13-4-2-3-5-14(13)22(17)10-15(23)21-8-6-18-7-9-21;/h2-5,11,18H,6-10H2,1H3;1H. The molecule has 0 spiro atoms. The average molecular weight is 378 g/mol. The molecule has 1 N–H and O–H groups in total. The molecule has 0 radical (unpaired) electrons. The van der Waals surface area contributed by atoms with Crippen LogP contribution in [0.5, 0.6) is 0 Å². The van der Waals surface area contributed by atoms with Gasteiger partial charge in [-0.15, -0.1) is 23.7 Å². The van der Waals surface area contributed by atoms with Crippen molar-refractivity contribution >= 4 is 40.7 Å². The molecule has 8 heteroatoms. The van der Waals surface area contributed by atoms with Crippen molar-refractivity contribution in [2.75, 3.05) is 26.2 Å². The quantitative estimate of drug-likeness (QED) is 0.760. The van der Waals surface area contributed by atoms with Gasteiger partial charge in [0.2, 0.25) is 5.91 Å². The average Bonchev–Trinajstić information content (AvgIpc) is 3.19. The second-order valence-corrected chi connectivity index (χ2v) is 6.76. The number of hydrogen-bond acceptors (Lipinski definition) is 5. The molecule has 2 aromatic heterocycles. The number of hydrogen-bond donors (Lipinski definition) is 1. The number of carbonyl (C=O) groups is 1. The monoisotopic (exact) mass is 377 g/mol. The minimum atomic E-state index is 0. The van der Waals surface area contributed by atoms with E-state index in [1.54, 1.807) is 11.3 Å². The van der Waals surface area contributed by atoms with Gasteiger partial charge in [-0.1, -0.05) is 12.1 Å². The van der Waals surface area contributed by atoms with E-state index in [-0.39, 0.29) is 18.3 Å². The normalized spacial score (nSPS) is 14.5.